The maximum absolute atomic E-state index is 13.1. The van der Waals surface area contributed by atoms with Crippen LogP contribution in [0.5, 0.6) is 5.75 Å². The summed E-state index contributed by atoms with van der Waals surface area (Å²) < 4.78 is 6.99. The standard InChI is InChI=1S/C29H36N4O3/c1-3-19-32(29(35)18-13-22-9-7-8-10-22)21-28(34)30-27-20-26(23-11-5-4-6-12-23)31-33(27)24-14-16-25(36-2)17-15-24/h4-6,11-12,14-17,20,22H,3,7-10,13,18-19,21H2,1-2H3,(H,30,34). The van der Waals surface area contributed by atoms with Crippen molar-refractivity contribution >= 4 is 17.6 Å². The predicted molar refractivity (Wildman–Crippen MR) is 142 cm³/mol. The molecule has 1 heterocycles. The van der Waals surface area contributed by atoms with Crippen molar-refractivity contribution < 1.29 is 14.3 Å². The molecule has 0 unspecified atom stereocenters. The third-order valence-electron chi connectivity index (χ3n) is 6.79. The van der Waals surface area contributed by atoms with Gasteiger partial charge in [-0.15, -0.1) is 0 Å². The van der Waals surface area contributed by atoms with Crippen molar-refractivity contribution in [2.45, 2.75) is 51.9 Å². The number of carbonyl (C=O) groups is 2. The SMILES string of the molecule is CCCN(CC(=O)Nc1cc(-c2ccccc2)nn1-c1ccc(OC)cc1)C(=O)CCC1CCCC1. The van der Waals surface area contributed by atoms with Crippen molar-refractivity contribution in [2.75, 3.05) is 25.5 Å². The molecule has 0 atom stereocenters. The van der Waals surface area contributed by atoms with Crippen molar-refractivity contribution in [3.05, 3.63) is 60.7 Å². The number of methoxy groups -OCH3 is 1. The topological polar surface area (TPSA) is 76.5 Å². The van der Waals surface area contributed by atoms with E-state index in [-0.39, 0.29) is 18.4 Å². The lowest BCUT2D eigenvalue weighted by Gasteiger charge is -2.22. The third-order valence-corrected chi connectivity index (χ3v) is 6.79. The number of rotatable bonds is 11. The fourth-order valence-corrected chi connectivity index (χ4v) is 4.84. The van der Waals surface area contributed by atoms with E-state index in [1.54, 1.807) is 16.7 Å². The Morgan fingerprint density at radius 2 is 1.81 bits per heavy atom. The van der Waals surface area contributed by atoms with E-state index >= 15 is 0 Å². The van der Waals surface area contributed by atoms with Crippen LogP contribution in [0.25, 0.3) is 16.9 Å². The minimum atomic E-state index is -0.230. The van der Waals surface area contributed by atoms with Crippen LogP contribution in [0.3, 0.4) is 0 Å². The highest BCUT2D eigenvalue weighted by Gasteiger charge is 2.21. The molecular weight excluding hydrogens is 452 g/mol. The molecule has 0 aliphatic heterocycles. The van der Waals surface area contributed by atoms with Crippen molar-refractivity contribution in [1.29, 1.82) is 0 Å². The fourth-order valence-electron chi connectivity index (χ4n) is 4.84. The first-order valence-electron chi connectivity index (χ1n) is 12.9. The first kappa shape index (κ1) is 25.5. The normalized spacial score (nSPS) is 13.5. The average Bonchev–Trinajstić information content (AvgIpc) is 3.58. The second kappa shape index (κ2) is 12.4. The van der Waals surface area contributed by atoms with E-state index in [1.165, 1.54) is 25.7 Å². The number of hydrogen-bond acceptors (Lipinski definition) is 4. The zero-order valence-corrected chi connectivity index (χ0v) is 21.3. The van der Waals surface area contributed by atoms with Gasteiger partial charge < -0.3 is 15.0 Å². The van der Waals surface area contributed by atoms with Gasteiger partial charge in [0.1, 0.15) is 11.6 Å². The summed E-state index contributed by atoms with van der Waals surface area (Å²) in [5, 5.41) is 7.77. The molecular formula is C29H36N4O3. The largest absolute Gasteiger partial charge is 0.497 e. The second-order valence-corrected chi connectivity index (χ2v) is 9.44. The number of carbonyl (C=O) groups excluding carboxylic acids is 2. The molecule has 2 aromatic carbocycles. The van der Waals surface area contributed by atoms with Gasteiger partial charge in [0.15, 0.2) is 0 Å². The zero-order valence-electron chi connectivity index (χ0n) is 21.3. The molecule has 1 saturated carbocycles. The van der Waals surface area contributed by atoms with Gasteiger partial charge in [-0.25, -0.2) is 4.68 Å². The number of anilines is 1. The molecule has 0 bridgehead atoms. The number of aromatic nitrogens is 2. The maximum Gasteiger partial charge on any atom is 0.245 e. The summed E-state index contributed by atoms with van der Waals surface area (Å²) in [6.07, 6.45) is 7.23. The van der Waals surface area contributed by atoms with E-state index in [9.17, 15) is 9.59 Å². The van der Waals surface area contributed by atoms with Crippen LogP contribution >= 0.6 is 0 Å². The molecule has 0 radical (unpaired) electrons. The lowest BCUT2D eigenvalue weighted by atomic mass is 10.0. The van der Waals surface area contributed by atoms with Gasteiger partial charge in [0.2, 0.25) is 11.8 Å². The second-order valence-electron chi connectivity index (χ2n) is 9.44. The van der Waals surface area contributed by atoms with E-state index in [4.69, 9.17) is 9.84 Å². The lowest BCUT2D eigenvalue weighted by molar-refractivity contribution is -0.135. The van der Waals surface area contributed by atoms with Gasteiger partial charge in [-0.2, -0.15) is 5.10 Å². The molecule has 1 aliphatic carbocycles. The van der Waals surface area contributed by atoms with Crippen LogP contribution in [0.1, 0.15) is 51.9 Å². The summed E-state index contributed by atoms with van der Waals surface area (Å²) in [5.41, 5.74) is 2.50. The van der Waals surface area contributed by atoms with Gasteiger partial charge in [-0.05, 0) is 43.0 Å². The van der Waals surface area contributed by atoms with Crippen LogP contribution in [0.15, 0.2) is 60.7 Å². The molecule has 7 nitrogen and oxygen atoms in total. The molecule has 1 fully saturated rings. The summed E-state index contributed by atoms with van der Waals surface area (Å²) in [5.74, 6) is 1.78. The monoisotopic (exact) mass is 488 g/mol. The van der Waals surface area contributed by atoms with Crippen molar-refractivity contribution in [1.82, 2.24) is 14.7 Å². The Labute approximate surface area is 213 Å². The van der Waals surface area contributed by atoms with Gasteiger partial charge in [-0.3, -0.25) is 9.59 Å². The van der Waals surface area contributed by atoms with Crippen LogP contribution in [0, 0.1) is 5.92 Å². The Balaban J connectivity index is 1.50. The Bertz CT molecular complexity index is 1140. The highest BCUT2D eigenvalue weighted by molar-refractivity contribution is 5.94. The molecule has 3 aromatic rings. The Hall–Kier alpha value is -3.61. The molecule has 0 spiro atoms. The average molecular weight is 489 g/mol. The van der Waals surface area contributed by atoms with E-state index in [2.05, 4.69) is 5.32 Å². The first-order chi connectivity index (χ1) is 17.6. The van der Waals surface area contributed by atoms with Crippen LogP contribution in [0.4, 0.5) is 5.82 Å². The summed E-state index contributed by atoms with van der Waals surface area (Å²) in [4.78, 5) is 27.7. The summed E-state index contributed by atoms with van der Waals surface area (Å²) >= 11 is 0. The lowest BCUT2D eigenvalue weighted by Crippen LogP contribution is -2.38. The van der Waals surface area contributed by atoms with E-state index in [0.717, 1.165) is 35.5 Å². The third kappa shape index (κ3) is 6.53. The highest BCUT2D eigenvalue weighted by atomic mass is 16.5. The number of ether oxygens (including phenoxy) is 1. The predicted octanol–water partition coefficient (Wildman–Crippen LogP) is 5.70. The van der Waals surface area contributed by atoms with Crippen molar-refractivity contribution in [2.24, 2.45) is 5.92 Å². The number of nitrogens with one attached hydrogen (secondary N) is 1. The van der Waals surface area contributed by atoms with Crippen LogP contribution in [0.2, 0.25) is 0 Å². The van der Waals surface area contributed by atoms with Crippen molar-refractivity contribution in [3.63, 3.8) is 0 Å². The van der Waals surface area contributed by atoms with Gasteiger partial charge in [0.25, 0.3) is 0 Å². The molecule has 2 amide bonds. The molecule has 4 rings (SSSR count). The first-order valence-corrected chi connectivity index (χ1v) is 12.9. The van der Waals surface area contributed by atoms with Gasteiger partial charge in [0, 0.05) is 24.6 Å². The van der Waals surface area contributed by atoms with Gasteiger partial charge in [0.05, 0.1) is 25.0 Å². The summed E-state index contributed by atoms with van der Waals surface area (Å²) in [6.45, 7) is 2.63. The number of hydrogen-bond donors (Lipinski definition) is 1. The molecule has 190 valence electrons. The number of benzene rings is 2. The number of nitrogens with zero attached hydrogens (tertiary/aromatic N) is 3. The van der Waals surface area contributed by atoms with Crippen LogP contribution < -0.4 is 10.1 Å². The highest BCUT2D eigenvalue weighted by Crippen LogP contribution is 2.29. The zero-order chi connectivity index (χ0) is 25.3. The molecule has 0 saturated heterocycles. The minimum Gasteiger partial charge on any atom is -0.497 e. The van der Waals surface area contributed by atoms with Crippen LogP contribution in [-0.2, 0) is 9.59 Å². The Morgan fingerprint density at radius 3 is 2.47 bits per heavy atom. The van der Waals surface area contributed by atoms with Gasteiger partial charge >= 0.3 is 0 Å². The number of amides is 2. The Morgan fingerprint density at radius 1 is 1.08 bits per heavy atom. The van der Waals surface area contributed by atoms with Crippen molar-refractivity contribution in [3.8, 4) is 22.7 Å². The fraction of sp³-hybridized carbons (Fsp3) is 0.414. The van der Waals surface area contributed by atoms with E-state index in [1.807, 2.05) is 67.6 Å². The minimum absolute atomic E-state index is 0.0335. The summed E-state index contributed by atoms with van der Waals surface area (Å²) in [7, 11) is 1.62. The quantitative estimate of drug-likeness (QED) is 0.376. The molecule has 1 N–H and O–H groups in total. The smallest absolute Gasteiger partial charge is 0.245 e. The Kier molecular flexibility index (Phi) is 8.76. The molecule has 36 heavy (non-hydrogen) atoms. The van der Waals surface area contributed by atoms with E-state index < -0.39 is 0 Å². The molecule has 1 aromatic heterocycles. The van der Waals surface area contributed by atoms with Crippen LogP contribution in [-0.4, -0.2) is 46.7 Å². The van der Waals surface area contributed by atoms with Gasteiger partial charge in [-0.1, -0.05) is 62.9 Å². The van der Waals surface area contributed by atoms with E-state index in [0.29, 0.717) is 24.7 Å². The molecule has 7 heteroatoms. The summed E-state index contributed by atoms with van der Waals surface area (Å²) in [6, 6.07) is 19.2. The maximum atomic E-state index is 13.1. The molecule has 1 aliphatic rings.